The minimum absolute atomic E-state index is 0.0880. The van der Waals surface area contributed by atoms with Crippen molar-refractivity contribution < 1.29 is 18.0 Å². The van der Waals surface area contributed by atoms with Crippen molar-refractivity contribution in [3.8, 4) is 0 Å². The van der Waals surface area contributed by atoms with Crippen molar-refractivity contribution >= 4 is 39.1 Å². The normalized spacial score (nSPS) is 12.3. The Morgan fingerprint density at radius 2 is 1.69 bits per heavy atom. The highest BCUT2D eigenvalue weighted by Gasteiger charge is 2.30. The molecule has 2 aromatic rings. The molecule has 1 N–H and O–H groups in total. The molecule has 0 saturated carbocycles. The molecule has 7 nitrogen and oxygen atoms in total. The lowest BCUT2D eigenvalue weighted by Gasteiger charge is -2.31. The van der Waals surface area contributed by atoms with Crippen LogP contribution in [-0.4, -0.2) is 56.6 Å². The molecule has 0 radical (unpaired) electrons. The summed E-state index contributed by atoms with van der Waals surface area (Å²) in [6.45, 7) is 5.15. The number of carbonyl (C=O) groups is 2. The SMILES string of the molecule is CC(C)NC(=O)[C@H](C)N(CCc1ccccc1)C(=O)CN(c1cccc(Cl)c1)S(C)(=O)=O. The van der Waals surface area contributed by atoms with Crippen molar-refractivity contribution in [1.82, 2.24) is 10.2 Å². The van der Waals surface area contributed by atoms with Gasteiger partial charge in [-0.05, 0) is 51.0 Å². The van der Waals surface area contributed by atoms with Gasteiger partial charge in [-0.3, -0.25) is 13.9 Å². The molecule has 174 valence electrons. The van der Waals surface area contributed by atoms with Gasteiger partial charge in [-0.15, -0.1) is 0 Å². The van der Waals surface area contributed by atoms with Gasteiger partial charge in [0.25, 0.3) is 0 Å². The number of sulfonamides is 1. The zero-order valence-corrected chi connectivity index (χ0v) is 20.4. The van der Waals surface area contributed by atoms with E-state index in [2.05, 4.69) is 5.32 Å². The van der Waals surface area contributed by atoms with Gasteiger partial charge in [0.2, 0.25) is 21.8 Å². The fourth-order valence-electron chi connectivity index (χ4n) is 3.22. The second kappa shape index (κ2) is 11.3. The second-order valence-electron chi connectivity index (χ2n) is 7.91. The van der Waals surface area contributed by atoms with Crippen molar-refractivity contribution in [3.63, 3.8) is 0 Å². The Kier molecular flexibility index (Phi) is 9.09. The lowest BCUT2D eigenvalue weighted by Crippen LogP contribution is -2.53. The number of hydrogen-bond acceptors (Lipinski definition) is 4. The number of nitrogens with one attached hydrogen (secondary N) is 1. The fraction of sp³-hybridized carbons (Fsp3) is 0.391. The van der Waals surface area contributed by atoms with Crippen LogP contribution < -0.4 is 9.62 Å². The topological polar surface area (TPSA) is 86.8 Å². The standard InChI is InChI=1S/C23H30ClN3O4S/c1-17(2)25-23(29)18(3)26(14-13-19-9-6-5-7-10-19)22(28)16-27(32(4,30)31)21-12-8-11-20(24)15-21/h5-12,15,17-18H,13-14,16H2,1-4H3,(H,25,29)/t18-/m0/s1. The average molecular weight is 480 g/mol. The quantitative estimate of drug-likeness (QED) is 0.567. The summed E-state index contributed by atoms with van der Waals surface area (Å²) < 4.78 is 25.9. The minimum Gasteiger partial charge on any atom is -0.352 e. The molecule has 2 amide bonds. The largest absolute Gasteiger partial charge is 0.352 e. The molecule has 0 aromatic heterocycles. The van der Waals surface area contributed by atoms with Crippen LogP contribution in [0.2, 0.25) is 5.02 Å². The summed E-state index contributed by atoms with van der Waals surface area (Å²) in [6, 6.07) is 15.0. The summed E-state index contributed by atoms with van der Waals surface area (Å²) in [6.07, 6.45) is 1.56. The summed E-state index contributed by atoms with van der Waals surface area (Å²) in [4.78, 5) is 27.4. The lowest BCUT2D eigenvalue weighted by atomic mass is 10.1. The number of rotatable bonds is 10. The van der Waals surface area contributed by atoms with Crippen molar-refractivity contribution in [2.75, 3.05) is 23.7 Å². The maximum absolute atomic E-state index is 13.3. The zero-order valence-electron chi connectivity index (χ0n) is 18.8. The second-order valence-corrected chi connectivity index (χ2v) is 10.3. The molecule has 32 heavy (non-hydrogen) atoms. The van der Waals surface area contributed by atoms with E-state index in [9.17, 15) is 18.0 Å². The molecule has 2 rings (SSSR count). The van der Waals surface area contributed by atoms with E-state index in [1.54, 1.807) is 25.1 Å². The number of carbonyl (C=O) groups excluding carboxylic acids is 2. The third kappa shape index (κ3) is 7.53. The Balaban J connectivity index is 2.30. The number of halogens is 1. The third-order valence-corrected chi connectivity index (χ3v) is 6.23. The van der Waals surface area contributed by atoms with E-state index in [1.165, 1.54) is 11.0 Å². The molecule has 2 aromatic carbocycles. The Morgan fingerprint density at radius 3 is 2.25 bits per heavy atom. The average Bonchev–Trinajstić information content (AvgIpc) is 2.71. The van der Waals surface area contributed by atoms with Crippen molar-refractivity contribution in [2.24, 2.45) is 0 Å². The van der Waals surface area contributed by atoms with E-state index >= 15 is 0 Å². The Hall–Kier alpha value is -2.58. The first-order valence-corrected chi connectivity index (χ1v) is 12.6. The van der Waals surface area contributed by atoms with Gasteiger partial charge in [-0.25, -0.2) is 8.42 Å². The van der Waals surface area contributed by atoms with Gasteiger partial charge in [0.15, 0.2) is 0 Å². The van der Waals surface area contributed by atoms with Crippen LogP contribution in [0.4, 0.5) is 5.69 Å². The van der Waals surface area contributed by atoms with Crippen molar-refractivity contribution in [3.05, 3.63) is 65.2 Å². The van der Waals surface area contributed by atoms with Crippen LogP contribution >= 0.6 is 11.6 Å². The minimum atomic E-state index is -3.77. The van der Waals surface area contributed by atoms with Gasteiger partial charge in [-0.2, -0.15) is 0 Å². The molecule has 0 aliphatic rings. The molecule has 0 spiro atoms. The van der Waals surface area contributed by atoms with Gasteiger partial charge in [0, 0.05) is 17.6 Å². The molecule has 0 aliphatic carbocycles. The highest BCUT2D eigenvalue weighted by Crippen LogP contribution is 2.22. The maximum atomic E-state index is 13.3. The predicted molar refractivity (Wildman–Crippen MR) is 128 cm³/mol. The molecule has 0 heterocycles. The molecular formula is C23H30ClN3O4S. The van der Waals surface area contributed by atoms with Crippen LogP contribution in [0, 0.1) is 0 Å². The molecule has 0 saturated heterocycles. The lowest BCUT2D eigenvalue weighted by molar-refractivity contribution is -0.139. The van der Waals surface area contributed by atoms with Crippen molar-refractivity contribution in [2.45, 2.75) is 39.3 Å². The Bertz CT molecular complexity index is 1030. The van der Waals surface area contributed by atoms with Crippen LogP contribution in [0.15, 0.2) is 54.6 Å². The van der Waals surface area contributed by atoms with E-state index in [0.29, 0.717) is 11.4 Å². The van der Waals surface area contributed by atoms with Gasteiger partial charge in [0.1, 0.15) is 12.6 Å². The first kappa shape index (κ1) is 25.7. The molecule has 0 aliphatic heterocycles. The molecule has 1 atom stereocenters. The van der Waals surface area contributed by atoms with E-state index in [1.807, 2.05) is 44.2 Å². The molecule has 0 bridgehead atoms. The highest BCUT2D eigenvalue weighted by molar-refractivity contribution is 7.92. The Labute approximate surface area is 195 Å². The number of benzene rings is 2. The summed E-state index contributed by atoms with van der Waals surface area (Å²) >= 11 is 6.03. The maximum Gasteiger partial charge on any atom is 0.244 e. The molecular weight excluding hydrogens is 450 g/mol. The third-order valence-electron chi connectivity index (χ3n) is 4.86. The molecule has 9 heteroatoms. The number of hydrogen-bond donors (Lipinski definition) is 1. The van der Waals surface area contributed by atoms with E-state index in [-0.39, 0.29) is 24.2 Å². The molecule has 0 fully saturated rings. The summed E-state index contributed by atoms with van der Waals surface area (Å²) in [5.74, 6) is -0.771. The monoisotopic (exact) mass is 479 g/mol. The van der Waals surface area contributed by atoms with E-state index < -0.39 is 28.5 Å². The summed E-state index contributed by atoms with van der Waals surface area (Å²) in [7, 11) is -3.77. The first-order chi connectivity index (χ1) is 15.0. The Morgan fingerprint density at radius 1 is 1.03 bits per heavy atom. The van der Waals surface area contributed by atoms with Crippen LogP contribution in [-0.2, 0) is 26.0 Å². The van der Waals surface area contributed by atoms with E-state index in [0.717, 1.165) is 16.1 Å². The molecule has 0 unspecified atom stereocenters. The predicted octanol–water partition coefficient (Wildman–Crippen LogP) is 3.09. The van der Waals surface area contributed by atoms with Gasteiger partial charge >= 0.3 is 0 Å². The highest BCUT2D eigenvalue weighted by atomic mass is 35.5. The fourth-order valence-corrected chi connectivity index (χ4v) is 4.25. The number of anilines is 1. The van der Waals surface area contributed by atoms with Crippen LogP contribution in [0.1, 0.15) is 26.3 Å². The summed E-state index contributed by atoms with van der Waals surface area (Å²) in [5, 5.41) is 3.17. The number of nitrogens with zero attached hydrogens (tertiary/aromatic N) is 2. The first-order valence-electron chi connectivity index (χ1n) is 10.4. The van der Waals surface area contributed by atoms with E-state index in [4.69, 9.17) is 11.6 Å². The van der Waals surface area contributed by atoms with Crippen LogP contribution in [0.5, 0.6) is 0 Å². The van der Waals surface area contributed by atoms with Crippen molar-refractivity contribution in [1.29, 1.82) is 0 Å². The van der Waals surface area contributed by atoms with Crippen LogP contribution in [0.25, 0.3) is 0 Å². The smallest absolute Gasteiger partial charge is 0.244 e. The van der Waals surface area contributed by atoms with Gasteiger partial charge < -0.3 is 10.2 Å². The van der Waals surface area contributed by atoms with Gasteiger partial charge in [0.05, 0.1) is 11.9 Å². The summed E-state index contributed by atoms with van der Waals surface area (Å²) in [5.41, 5.74) is 1.30. The number of amides is 2. The van der Waals surface area contributed by atoms with Gasteiger partial charge in [-0.1, -0.05) is 48.0 Å². The zero-order chi connectivity index (χ0) is 23.9. The van der Waals surface area contributed by atoms with Crippen LogP contribution in [0.3, 0.4) is 0 Å².